The molecule has 0 radical (unpaired) electrons. The molecule has 0 unspecified atom stereocenters. The molecule has 3 aromatic rings. The average Bonchev–Trinajstić information content (AvgIpc) is 3.11. The van der Waals surface area contributed by atoms with Crippen LogP contribution >= 0.6 is 23.1 Å². The van der Waals surface area contributed by atoms with Gasteiger partial charge in [-0.25, -0.2) is 4.98 Å². The number of fused-ring (bicyclic) bond motifs is 1. The Hall–Kier alpha value is -2.11. The van der Waals surface area contributed by atoms with Crippen molar-refractivity contribution in [1.82, 2.24) is 9.88 Å². The zero-order valence-electron chi connectivity index (χ0n) is 14.6. The second-order valence-corrected chi connectivity index (χ2v) is 8.57. The highest BCUT2D eigenvalue weighted by atomic mass is 32.2. The predicted octanol–water partition coefficient (Wildman–Crippen LogP) is 4.94. The lowest BCUT2D eigenvalue weighted by atomic mass is 9.99. The summed E-state index contributed by atoms with van der Waals surface area (Å²) in [6.07, 6.45) is 0.934. The fourth-order valence-electron chi connectivity index (χ4n) is 3.14. The van der Waals surface area contributed by atoms with Gasteiger partial charge in [0, 0.05) is 35.5 Å². The third kappa shape index (κ3) is 3.84. The van der Waals surface area contributed by atoms with Crippen LogP contribution in [0.2, 0.25) is 0 Å². The SMILES string of the molecule is Cc1csc(SCc2ccc(C(=O)N3CCc4ccccc4C3)cc2)n1. The highest BCUT2D eigenvalue weighted by molar-refractivity contribution is 8.00. The van der Waals surface area contributed by atoms with E-state index in [1.165, 1.54) is 16.7 Å². The molecule has 2 heterocycles. The topological polar surface area (TPSA) is 33.2 Å². The number of rotatable bonds is 4. The number of carbonyl (C=O) groups excluding carboxylic acids is 1. The molecule has 0 fully saturated rings. The molecule has 5 heteroatoms. The summed E-state index contributed by atoms with van der Waals surface area (Å²) in [5.41, 5.74) is 5.67. The van der Waals surface area contributed by atoms with Crippen molar-refractivity contribution in [2.75, 3.05) is 6.54 Å². The zero-order chi connectivity index (χ0) is 17.9. The van der Waals surface area contributed by atoms with Crippen molar-refractivity contribution in [3.05, 3.63) is 81.9 Å². The first-order valence-electron chi connectivity index (χ1n) is 8.69. The normalized spacial score (nSPS) is 13.5. The number of thiazole rings is 1. The number of thioether (sulfide) groups is 1. The number of hydrogen-bond donors (Lipinski definition) is 0. The van der Waals surface area contributed by atoms with Crippen molar-refractivity contribution in [3.63, 3.8) is 0 Å². The number of aryl methyl sites for hydroxylation is 1. The second-order valence-electron chi connectivity index (χ2n) is 6.49. The molecule has 0 N–H and O–H groups in total. The van der Waals surface area contributed by atoms with Crippen LogP contribution in [0, 0.1) is 6.92 Å². The van der Waals surface area contributed by atoms with Crippen LogP contribution in [0.5, 0.6) is 0 Å². The van der Waals surface area contributed by atoms with Gasteiger partial charge in [-0.1, -0.05) is 48.2 Å². The lowest BCUT2D eigenvalue weighted by molar-refractivity contribution is 0.0734. The van der Waals surface area contributed by atoms with Gasteiger partial charge in [-0.3, -0.25) is 4.79 Å². The number of amides is 1. The van der Waals surface area contributed by atoms with Crippen molar-refractivity contribution < 1.29 is 4.79 Å². The van der Waals surface area contributed by atoms with Crippen LogP contribution in [0.1, 0.15) is 32.7 Å². The van der Waals surface area contributed by atoms with Gasteiger partial charge in [0.05, 0.1) is 0 Å². The maximum atomic E-state index is 12.8. The molecule has 0 aliphatic carbocycles. The van der Waals surface area contributed by atoms with Gasteiger partial charge in [0.1, 0.15) is 4.34 Å². The van der Waals surface area contributed by atoms with E-state index in [0.717, 1.165) is 34.3 Å². The molecule has 132 valence electrons. The Labute approximate surface area is 162 Å². The Morgan fingerprint density at radius 1 is 1.15 bits per heavy atom. The molecular formula is C21H20N2OS2. The van der Waals surface area contributed by atoms with Crippen molar-refractivity contribution >= 4 is 29.0 Å². The molecule has 0 saturated heterocycles. The van der Waals surface area contributed by atoms with E-state index in [-0.39, 0.29) is 5.91 Å². The van der Waals surface area contributed by atoms with E-state index in [0.29, 0.717) is 6.54 Å². The van der Waals surface area contributed by atoms with Gasteiger partial charge >= 0.3 is 0 Å². The highest BCUT2D eigenvalue weighted by Crippen LogP contribution is 2.26. The summed E-state index contributed by atoms with van der Waals surface area (Å²) in [7, 11) is 0. The van der Waals surface area contributed by atoms with Gasteiger partial charge in [0.15, 0.2) is 0 Å². The van der Waals surface area contributed by atoms with E-state index < -0.39 is 0 Å². The molecule has 0 saturated carbocycles. The minimum absolute atomic E-state index is 0.120. The van der Waals surface area contributed by atoms with Crippen LogP contribution in [0.25, 0.3) is 0 Å². The first-order chi connectivity index (χ1) is 12.7. The maximum Gasteiger partial charge on any atom is 0.254 e. The van der Waals surface area contributed by atoms with Crippen molar-refractivity contribution in [2.45, 2.75) is 30.0 Å². The molecule has 3 nitrogen and oxygen atoms in total. The summed E-state index contributed by atoms with van der Waals surface area (Å²) in [6.45, 7) is 3.51. The largest absolute Gasteiger partial charge is 0.334 e. The zero-order valence-corrected chi connectivity index (χ0v) is 16.3. The van der Waals surface area contributed by atoms with E-state index in [1.54, 1.807) is 23.1 Å². The summed E-state index contributed by atoms with van der Waals surface area (Å²) in [4.78, 5) is 19.2. The van der Waals surface area contributed by atoms with Gasteiger partial charge in [-0.2, -0.15) is 0 Å². The number of hydrogen-bond acceptors (Lipinski definition) is 4. The quantitative estimate of drug-likeness (QED) is 0.601. The fourth-order valence-corrected chi connectivity index (χ4v) is 4.94. The third-order valence-corrected chi connectivity index (χ3v) is 6.79. The Kier molecular flexibility index (Phi) is 5.09. The van der Waals surface area contributed by atoms with Crippen LogP contribution in [0.4, 0.5) is 0 Å². The predicted molar refractivity (Wildman–Crippen MR) is 108 cm³/mol. The second kappa shape index (κ2) is 7.64. The highest BCUT2D eigenvalue weighted by Gasteiger charge is 2.21. The third-order valence-electron chi connectivity index (χ3n) is 4.58. The summed E-state index contributed by atoms with van der Waals surface area (Å²) in [6, 6.07) is 16.4. The Morgan fingerprint density at radius 2 is 1.92 bits per heavy atom. The summed E-state index contributed by atoms with van der Waals surface area (Å²) < 4.78 is 1.09. The van der Waals surface area contributed by atoms with Crippen molar-refractivity contribution in [3.8, 4) is 0 Å². The molecule has 0 bridgehead atoms. The van der Waals surface area contributed by atoms with Crippen LogP contribution in [-0.4, -0.2) is 22.3 Å². The van der Waals surface area contributed by atoms with Crippen molar-refractivity contribution in [2.24, 2.45) is 0 Å². The minimum atomic E-state index is 0.120. The van der Waals surface area contributed by atoms with Gasteiger partial charge in [-0.05, 0) is 42.2 Å². The Morgan fingerprint density at radius 3 is 2.65 bits per heavy atom. The molecule has 0 spiro atoms. The van der Waals surface area contributed by atoms with E-state index in [9.17, 15) is 4.79 Å². The molecule has 0 atom stereocenters. The summed E-state index contributed by atoms with van der Waals surface area (Å²) >= 11 is 3.42. The first-order valence-corrected chi connectivity index (χ1v) is 10.6. The smallest absolute Gasteiger partial charge is 0.254 e. The molecule has 2 aromatic carbocycles. The number of benzene rings is 2. The monoisotopic (exact) mass is 380 g/mol. The molecule has 1 amide bonds. The fraction of sp³-hybridized carbons (Fsp3) is 0.238. The van der Waals surface area contributed by atoms with Gasteiger partial charge in [0.2, 0.25) is 0 Å². The Balaban J connectivity index is 1.39. The molecule has 1 aliphatic rings. The lowest BCUT2D eigenvalue weighted by Gasteiger charge is -2.29. The van der Waals surface area contributed by atoms with E-state index in [1.807, 2.05) is 30.0 Å². The van der Waals surface area contributed by atoms with E-state index in [4.69, 9.17) is 0 Å². The van der Waals surface area contributed by atoms with E-state index >= 15 is 0 Å². The van der Waals surface area contributed by atoms with Crippen molar-refractivity contribution in [1.29, 1.82) is 0 Å². The van der Waals surface area contributed by atoms with Crippen LogP contribution in [-0.2, 0) is 18.7 Å². The van der Waals surface area contributed by atoms with E-state index in [2.05, 4.69) is 40.7 Å². The molecule has 26 heavy (non-hydrogen) atoms. The number of carbonyl (C=O) groups is 1. The first kappa shape index (κ1) is 17.3. The summed E-state index contributed by atoms with van der Waals surface area (Å²) in [5.74, 6) is 0.993. The van der Waals surface area contributed by atoms with Crippen LogP contribution < -0.4 is 0 Å². The summed E-state index contributed by atoms with van der Waals surface area (Å²) in [5, 5.41) is 2.07. The lowest BCUT2D eigenvalue weighted by Crippen LogP contribution is -2.35. The maximum absolute atomic E-state index is 12.8. The molecular weight excluding hydrogens is 360 g/mol. The van der Waals surface area contributed by atoms with Gasteiger partial charge in [0.25, 0.3) is 5.91 Å². The molecule has 1 aromatic heterocycles. The van der Waals surface area contributed by atoms with Crippen LogP contribution in [0.15, 0.2) is 58.3 Å². The van der Waals surface area contributed by atoms with Gasteiger partial charge in [-0.15, -0.1) is 11.3 Å². The standard InChI is InChI=1S/C21H20N2OS2/c1-15-13-25-21(22-15)26-14-16-6-8-18(9-7-16)20(24)23-11-10-17-4-2-3-5-19(17)12-23/h2-9,13H,10-12,14H2,1H3. The number of aromatic nitrogens is 1. The van der Waals surface area contributed by atoms with Crippen LogP contribution in [0.3, 0.4) is 0 Å². The van der Waals surface area contributed by atoms with Gasteiger partial charge < -0.3 is 4.90 Å². The number of nitrogens with zero attached hydrogens (tertiary/aromatic N) is 2. The minimum Gasteiger partial charge on any atom is -0.334 e. The molecule has 1 aliphatic heterocycles. The molecule has 4 rings (SSSR count). The Bertz CT molecular complexity index is 918. The average molecular weight is 381 g/mol.